The van der Waals surface area contributed by atoms with Gasteiger partial charge in [-0.25, -0.2) is 0 Å². The predicted molar refractivity (Wildman–Crippen MR) is 104 cm³/mol. The van der Waals surface area contributed by atoms with Crippen molar-refractivity contribution in [2.75, 3.05) is 0 Å². The van der Waals surface area contributed by atoms with E-state index in [0.717, 1.165) is 17.7 Å². The lowest BCUT2D eigenvalue weighted by Gasteiger charge is -2.21. The summed E-state index contributed by atoms with van der Waals surface area (Å²) in [5, 5.41) is 3.78. The van der Waals surface area contributed by atoms with E-state index in [2.05, 4.69) is 5.32 Å². The second kappa shape index (κ2) is 8.11. The molecule has 0 aromatic heterocycles. The number of hydrogen-bond donors (Lipinski definition) is 1. The topological polar surface area (TPSA) is 38.3 Å². The molecule has 1 amide bonds. The van der Waals surface area contributed by atoms with E-state index in [1.165, 1.54) is 0 Å². The largest absolute Gasteiger partial charge is 0.488 e. The molecule has 0 spiro atoms. The molecule has 0 heterocycles. The van der Waals surface area contributed by atoms with Crippen molar-refractivity contribution in [3.8, 4) is 5.75 Å². The fraction of sp³-hybridized carbons (Fsp3) is 0.350. The summed E-state index contributed by atoms with van der Waals surface area (Å²) in [4.78, 5) is 12.3. The molecule has 0 saturated heterocycles. The van der Waals surface area contributed by atoms with E-state index in [1.54, 1.807) is 18.2 Å². The van der Waals surface area contributed by atoms with Crippen molar-refractivity contribution >= 4 is 29.1 Å². The molecule has 25 heavy (non-hydrogen) atoms. The summed E-state index contributed by atoms with van der Waals surface area (Å²) in [6.07, 6.45) is 0.725. The van der Waals surface area contributed by atoms with E-state index in [9.17, 15) is 4.79 Å². The van der Waals surface area contributed by atoms with Gasteiger partial charge in [0, 0.05) is 11.6 Å². The summed E-state index contributed by atoms with van der Waals surface area (Å²) in [5.74, 6) is 0.669. The molecule has 3 nitrogen and oxygen atoms in total. The van der Waals surface area contributed by atoms with Gasteiger partial charge in [-0.05, 0) is 70.0 Å². The summed E-state index contributed by atoms with van der Waals surface area (Å²) < 4.78 is 5.81. The average molecular weight is 380 g/mol. The Morgan fingerprint density at radius 2 is 1.72 bits per heavy atom. The Labute approximate surface area is 159 Å². The number of carbonyl (C=O) groups excluding carboxylic acids is 1. The van der Waals surface area contributed by atoms with Gasteiger partial charge in [-0.1, -0.05) is 35.3 Å². The second-order valence-corrected chi connectivity index (χ2v) is 7.88. The Morgan fingerprint density at radius 1 is 1.08 bits per heavy atom. The molecule has 2 rings (SSSR count). The number of rotatable bonds is 5. The number of amides is 1. The highest BCUT2D eigenvalue weighted by Gasteiger charge is 2.13. The molecule has 5 heteroatoms. The summed E-state index contributed by atoms with van der Waals surface area (Å²) >= 11 is 11.8. The third kappa shape index (κ3) is 6.26. The van der Waals surface area contributed by atoms with Crippen LogP contribution in [0.5, 0.6) is 5.75 Å². The second-order valence-electron chi connectivity index (χ2n) is 7.07. The molecular formula is C20H23Cl2NO2. The fourth-order valence-corrected chi connectivity index (χ4v) is 2.69. The minimum Gasteiger partial charge on any atom is -0.488 e. The Bertz CT molecular complexity index is 736. The lowest BCUT2D eigenvalue weighted by molar-refractivity contribution is 0.0940. The van der Waals surface area contributed by atoms with Gasteiger partial charge in [0.05, 0.1) is 10.0 Å². The van der Waals surface area contributed by atoms with Crippen LogP contribution in [0, 0.1) is 0 Å². The smallest absolute Gasteiger partial charge is 0.251 e. The quantitative estimate of drug-likeness (QED) is 0.741. The highest BCUT2D eigenvalue weighted by molar-refractivity contribution is 6.42. The van der Waals surface area contributed by atoms with Crippen LogP contribution < -0.4 is 10.1 Å². The monoisotopic (exact) mass is 379 g/mol. The Balaban J connectivity index is 1.94. The Morgan fingerprint density at radius 3 is 2.28 bits per heavy atom. The van der Waals surface area contributed by atoms with E-state index in [4.69, 9.17) is 27.9 Å². The van der Waals surface area contributed by atoms with Crippen molar-refractivity contribution < 1.29 is 9.53 Å². The maximum absolute atomic E-state index is 12.3. The number of hydrogen-bond acceptors (Lipinski definition) is 2. The minimum atomic E-state index is -0.220. The maximum atomic E-state index is 12.3. The van der Waals surface area contributed by atoms with Crippen molar-refractivity contribution in [2.24, 2.45) is 0 Å². The van der Waals surface area contributed by atoms with E-state index in [-0.39, 0.29) is 17.6 Å². The van der Waals surface area contributed by atoms with E-state index in [1.807, 2.05) is 52.0 Å². The van der Waals surface area contributed by atoms with Crippen LogP contribution in [0.1, 0.15) is 43.6 Å². The van der Waals surface area contributed by atoms with Crippen LogP contribution in [0.3, 0.4) is 0 Å². The number of ether oxygens (including phenoxy) is 1. The van der Waals surface area contributed by atoms with E-state index < -0.39 is 0 Å². The molecule has 0 aliphatic carbocycles. The van der Waals surface area contributed by atoms with Crippen LogP contribution in [0.15, 0.2) is 42.5 Å². The normalized spacial score (nSPS) is 12.6. The number of halogens is 2. The van der Waals surface area contributed by atoms with Crippen LogP contribution >= 0.6 is 23.2 Å². The molecule has 0 radical (unpaired) electrons. The van der Waals surface area contributed by atoms with Gasteiger partial charge in [-0.2, -0.15) is 0 Å². The first-order valence-electron chi connectivity index (χ1n) is 8.18. The van der Waals surface area contributed by atoms with Gasteiger partial charge in [0.15, 0.2) is 0 Å². The highest BCUT2D eigenvalue weighted by atomic mass is 35.5. The van der Waals surface area contributed by atoms with Crippen LogP contribution in [-0.4, -0.2) is 17.6 Å². The van der Waals surface area contributed by atoms with Crippen LogP contribution in [0.4, 0.5) is 0 Å². The molecule has 1 atom stereocenters. The lowest BCUT2D eigenvalue weighted by Crippen LogP contribution is -2.34. The molecule has 0 saturated carbocycles. The van der Waals surface area contributed by atoms with Crippen molar-refractivity contribution in [2.45, 2.75) is 45.8 Å². The fourth-order valence-electron chi connectivity index (χ4n) is 2.40. The van der Waals surface area contributed by atoms with Crippen molar-refractivity contribution in [1.29, 1.82) is 0 Å². The standard InChI is InChI=1S/C20H23Cl2NO2/c1-13(23-19(24)15-7-10-17(21)18(22)12-15)11-14-5-8-16(9-6-14)25-20(2,3)4/h5-10,12-13H,11H2,1-4H3,(H,23,24)/t13-/m1/s1. The van der Waals surface area contributed by atoms with Gasteiger partial charge in [0.1, 0.15) is 11.4 Å². The third-order valence-corrected chi connectivity index (χ3v) is 4.19. The van der Waals surface area contributed by atoms with Crippen molar-refractivity contribution in [3.63, 3.8) is 0 Å². The van der Waals surface area contributed by atoms with E-state index >= 15 is 0 Å². The average Bonchev–Trinajstić information content (AvgIpc) is 2.50. The van der Waals surface area contributed by atoms with Gasteiger partial charge in [-0.3, -0.25) is 4.79 Å². The summed E-state index contributed by atoms with van der Waals surface area (Å²) in [6, 6.07) is 12.8. The molecule has 1 N–H and O–H groups in total. The van der Waals surface area contributed by atoms with Crippen molar-refractivity contribution in [1.82, 2.24) is 5.32 Å². The Hall–Kier alpha value is -1.71. The first kappa shape index (κ1) is 19.6. The first-order chi connectivity index (χ1) is 11.6. The van der Waals surface area contributed by atoms with E-state index in [0.29, 0.717) is 15.6 Å². The van der Waals surface area contributed by atoms with Gasteiger partial charge >= 0.3 is 0 Å². The first-order valence-corrected chi connectivity index (χ1v) is 8.93. The zero-order chi connectivity index (χ0) is 18.6. The van der Waals surface area contributed by atoms with Crippen LogP contribution in [0.2, 0.25) is 10.0 Å². The third-order valence-electron chi connectivity index (χ3n) is 3.45. The number of carbonyl (C=O) groups is 1. The SMILES string of the molecule is C[C@H](Cc1ccc(OC(C)(C)C)cc1)NC(=O)c1ccc(Cl)c(Cl)c1. The van der Waals surface area contributed by atoms with Crippen LogP contribution in [0.25, 0.3) is 0 Å². The molecule has 2 aromatic rings. The molecule has 0 aliphatic heterocycles. The van der Waals surface area contributed by atoms with Crippen LogP contribution in [-0.2, 0) is 6.42 Å². The van der Waals surface area contributed by atoms with Gasteiger partial charge in [0.25, 0.3) is 5.91 Å². The highest BCUT2D eigenvalue weighted by Crippen LogP contribution is 2.23. The lowest BCUT2D eigenvalue weighted by atomic mass is 10.1. The van der Waals surface area contributed by atoms with Crippen molar-refractivity contribution in [3.05, 3.63) is 63.6 Å². The molecule has 0 fully saturated rings. The van der Waals surface area contributed by atoms with Gasteiger partial charge in [0.2, 0.25) is 0 Å². The zero-order valence-electron chi connectivity index (χ0n) is 14.9. The molecule has 2 aromatic carbocycles. The molecule has 0 aliphatic rings. The summed E-state index contributed by atoms with van der Waals surface area (Å²) in [5.41, 5.74) is 1.40. The number of nitrogens with one attached hydrogen (secondary N) is 1. The Kier molecular flexibility index (Phi) is 6.36. The molecule has 0 bridgehead atoms. The number of benzene rings is 2. The zero-order valence-corrected chi connectivity index (χ0v) is 16.4. The van der Waals surface area contributed by atoms with Gasteiger partial charge < -0.3 is 10.1 Å². The minimum absolute atomic E-state index is 0.0173. The molecule has 134 valence electrons. The summed E-state index contributed by atoms with van der Waals surface area (Å²) in [6.45, 7) is 8.01. The maximum Gasteiger partial charge on any atom is 0.251 e. The summed E-state index contributed by atoms with van der Waals surface area (Å²) in [7, 11) is 0. The molecule has 0 unspecified atom stereocenters. The molecular weight excluding hydrogens is 357 g/mol. The predicted octanol–water partition coefficient (Wildman–Crippen LogP) is 5.53. The van der Waals surface area contributed by atoms with Gasteiger partial charge in [-0.15, -0.1) is 0 Å².